The molecule has 0 amide bonds. The number of carboxylic acids is 1. The van der Waals surface area contributed by atoms with Gasteiger partial charge in [0.2, 0.25) is 9.82 Å². The second-order valence-corrected chi connectivity index (χ2v) is 0.743. The maximum Gasteiger partial charge on any atom is 0.300 e. The molecular weight excluding hydrogens is 164 g/mol. The summed E-state index contributed by atoms with van der Waals surface area (Å²) in [5, 5.41) is 7.42. The van der Waals surface area contributed by atoms with E-state index in [0.717, 1.165) is 6.92 Å². The second kappa shape index (κ2) is 62.3. The summed E-state index contributed by atoms with van der Waals surface area (Å²) < 4.78 is 0. The van der Waals surface area contributed by atoms with Crippen LogP contribution in [0.5, 0.6) is 0 Å². The predicted octanol–water partition coefficient (Wildman–Crippen LogP) is 1.35. The monoisotopic (exact) mass is 178 g/mol. The highest BCUT2D eigenvalue weighted by Gasteiger charge is 1.65. The maximum atomic E-state index is 9.00. The summed E-state index contributed by atoms with van der Waals surface area (Å²) >= 11 is 0. The van der Waals surface area contributed by atoms with Gasteiger partial charge in [0.1, 0.15) is 22.1 Å². The lowest BCUT2D eigenvalue weighted by atomic mass is 10.9. The molecule has 0 saturated carbocycles. The molecular formula is C4H14N6O2+2. The van der Waals surface area contributed by atoms with Gasteiger partial charge in [-0.05, 0) is 0 Å². The lowest BCUT2D eigenvalue weighted by molar-refractivity contribution is -0.134. The molecule has 0 fully saturated rings. The Morgan fingerprint density at radius 3 is 1.08 bits per heavy atom. The van der Waals surface area contributed by atoms with Crippen LogP contribution in [0.2, 0.25) is 0 Å². The largest absolute Gasteiger partial charge is 0.481 e. The first-order valence-electron chi connectivity index (χ1n) is 2.82. The van der Waals surface area contributed by atoms with E-state index in [-0.39, 0.29) is 0 Å². The van der Waals surface area contributed by atoms with Gasteiger partial charge in [-0.1, -0.05) is 13.8 Å². The molecule has 0 aliphatic heterocycles. The number of rotatable bonds is 0. The number of carbonyl (C=O) groups is 1. The molecule has 8 heteroatoms. The van der Waals surface area contributed by atoms with Gasteiger partial charge in [0.25, 0.3) is 5.97 Å². The number of nitrogens with zero attached hydrogens (tertiary/aromatic N) is 2. The summed E-state index contributed by atoms with van der Waals surface area (Å²) in [5.41, 5.74) is 22.0. The molecule has 0 atom stereocenters. The molecule has 0 rings (SSSR count). The van der Waals surface area contributed by atoms with Crippen molar-refractivity contribution in [3.63, 3.8) is 0 Å². The van der Waals surface area contributed by atoms with E-state index in [9.17, 15) is 0 Å². The van der Waals surface area contributed by atoms with Crippen molar-refractivity contribution in [2.45, 2.75) is 20.8 Å². The van der Waals surface area contributed by atoms with Gasteiger partial charge in [0.15, 0.2) is 0 Å². The molecule has 0 bridgehead atoms. The normalized spacial score (nSPS) is 3.92. The van der Waals surface area contributed by atoms with Crippen LogP contribution in [-0.4, -0.2) is 11.1 Å². The van der Waals surface area contributed by atoms with Crippen LogP contribution in [0.3, 0.4) is 0 Å². The minimum Gasteiger partial charge on any atom is -0.481 e. The average molecular weight is 178 g/mol. The fourth-order valence-electron chi connectivity index (χ4n) is 0. The third-order valence-electron chi connectivity index (χ3n) is 0. The Labute approximate surface area is 69.7 Å². The van der Waals surface area contributed by atoms with Crippen molar-refractivity contribution in [1.29, 1.82) is 22.1 Å². The summed E-state index contributed by atoms with van der Waals surface area (Å²) in [6.07, 6.45) is 0. The lowest BCUT2D eigenvalue weighted by Gasteiger charge is -1.59. The van der Waals surface area contributed by atoms with E-state index in [1.165, 1.54) is 0 Å². The third-order valence-corrected chi connectivity index (χ3v) is 0. The molecule has 0 aliphatic carbocycles. The van der Waals surface area contributed by atoms with Crippen LogP contribution in [0.25, 0.3) is 0 Å². The zero-order valence-electron chi connectivity index (χ0n) is 7.25. The minimum atomic E-state index is -0.833. The van der Waals surface area contributed by atoms with Gasteiger partial charge in [0.05, 0.1) is 0 Å². The Bertz CT molecular complexity index is 128. The van der Waals surface area contributed by atoms with Crippen molar-refractivity contribution in [3.8, 4) is 0 Å². The molecule has 0 unspecified atom stereocenters. The molecule has 0 aromatic rings. The van der Waals surface area contributed by atoms with Gasteiger partial charge in [-0.3, -0.25) is 4.79 Å². The fourth-order valence-corrected chi connectivity index (χ4v) is 0. The summed E-state index contributed by atoms with van der Waals surface area (Å²) in [6, 6.07) is 0. The van der Waals surface area contributed by atoms with Crippen molar-refractivity contribution in [2.24, 2.45) is 0 Å². The topological polar surface area (TPSA) is 161 Å². The second-order valence-electron chi connectivity index (χ2n) is 0.743. The number of hydrogen-bond donors (Lipinski definition) is 5. The molecule has 70 valence electrons. The van der Waals surface area contributed by atoms with E-state index in [1.54, 1.807) is 0 Å². The quantitative estimate of drug-likeness (QED) is 0.280. The number of hydrogen-bond acceptors (Lipinski definition) is 5. The Morgan fingerprint density at radius 2 is 1.08 bits per heavy atom. The highest BCUT2D eigenvalue weighted by molar-refractivity contribution is 5.62. The molecule has 0 aromatic heterocycles. The van der Waals surface area contributed by atoms with Gasteiger partial charge >= 0.3 is 0 Å². The van der Waals surface area contributed by atoms with E-state index >= 15 is 0 Å². The molecule has 0 spiro atoms. The zero-order chi connectivity index (χ0) is 11.0. The van der Waals surface area contributed by atoms with Crippen molar-refractivity contribution in [3.05, 3.63) is 0 Å². The molecule has 0 aromatic carbocycles. The minimum absolute atomic E-state index is 0.833. The van der Waals surface area contributed by atoms with E-state index in [4.69, 9.17) is 32.0 Å². The smallest absolute Gasteiger partial charge is 0.300 e. The van der Waals surface area contributed by atoms with Crippen LogP contribution in [0.1, 0.15) is 20.8 Å². The standard InChI is InChI=1S/C2H4O2.C2H6.2H2N3/c1-2(3)4;1-2;2*1-3-2/h1H3,(H,3,4);1-2H3;2*1-2H/q;;2*+1. The molecule has 5 N–H and O–H groups in total. The summed E-state index contributed by atoms with van der Waals surface area (Å²) in [6.45, 7) is 5.08. The first kappa shape index (κ1) is 22.5. The Balaban J connectivity index is -0.0000000368. The maximum absolute atomic E-state index is 9.00. The van der Waals surface area contributed by atoms with Gasteiger partial charge in [-0.25, -0.2) is 0 Å². The van der Waals surface area contributed by atoms with Crippen molar-refractivity contribution in [1.82, 2.24) is 9.82 Å². The van der Waals surface area contributed by atoms with Crippen LogP contribution in [0.4, 0.5) is 0 Å². The van der Waals surface area contributed by atoms with E-state index in [0.29, 0.717) is 0 Å². The van der Waals surface area contributed by atoms with Gasteiger partial charge < -0.3 is 5.11 Å². The van der Waals surface area contributed by atoms with E-state index in [2.05, 4.69) is 0 Å². The lowest BCUT2D eigenvalue weighted by Crippen LogP contribution is -1.78. The van der Waals surface area contributed by atoms with Gasteiger partial charge in [-0.2, -0.15) is 0 Å². The van der Waals surface area contributed by atoms with Gasteiger partial charge in [0, 0.05) is 6.92 Å². The van der Waals surface area contributed by atoms with Crippen LogP contribution in [-0.2, 0) is 4.79 Å². The SMILES string of the molecule is CC.CC(=O)O.N=[N+]=N.N=[N+]=N. The zero-order valence-corrected chi connectivity index (χ0v) is 7.25. The number of aliphatic carboxylic acids is 1. The number of nitrogens with one attached hydrogen (secondary N) is 4. The predicted molar refractivity (Wildman–Crippen MR) is 39.8 cm³/mol. The van der Waals surface area contributed by atoms with Crippen LogP contribution >= 0.6 is 0 Å². The van der Waals surface area contributed by atoms with Crippen LogP contribution < -0.4 is 9.82 Å². The Kier molecular flexibility index (Phi) is 117. The van der Waals surface area contributed by atoms with Crippen LogP contribution in [0, 0.1) is 22.1 Å². The average Bonchev–Trinajstić information content (AvgIpc) is 1.92. The highest BCUT2D eigenvalue weighted by atomic mass is 16.4. The summed E-state index contributed by atoms with van der Waals surface area (Å²) in [7, 11) is 0. The van der Waals surface area contributed by atoms with Crippen molar-refractivity contribution >= 4 is 5.97 Å². The molecule has 0 aliphatic rings. The summed E-state index contributed by atoms with van der Waals surface area (Å²) in [4.78, 5) is 13.0. The molecule has 0 saturated heterocycles. The molecule has 8 nitrogen and oxygen atoms in total. The van der Waals surface area contributed by atoms with Crippen molar-refractivity contribution < 1.29 is 9.90 Å². The first-order chi connectivity index (χ1) is 5.56. The molecule has 0 radical (unpaired) electrons. The molecule has 0 heterocycles. The number of carboxylic acid groups (broad SMARTS) is 1. The highest BCUT2D eigenvalue weighted by Crippen LogP contribution is 1.42. The van der Waals surface area contributed by atoms with Crippen LogP contribution in [0.15, 0.2) is 0 Å². The third kappa shape index (κ3) is 111. The molecule has 12 heavy (non-hydrogen) atoms. The Hall–Kier alpha value is -1.91. The van der Waals surface area contributed by atoms with Crippen molar-refractivity contribution in [2.75, 3.05) is 0 Å². The van der Waals surface area contributed by atoms with E-state index in [1.807, 2.05) is 23.7 Å². The Morgan fingerprint density at radius 1 is 1.08 bits per heavy atom. The summed E-state index contributed by atoms with van der Waals surface area (Å²) in [5.74, 6) is -0.833. The fraction of sp³-hybridized carbons (Fsp3) is 0.750. The van der Waals surface area contributed by atoms with E-state index < -0.39 is 5.97 Å². The van der Waals surface area contributed by atoms with Gasteiger partial charge in [-0.15, -0.1) is 0 Å². The first-order valence-corrected chi connectivity index (χ1v) is 2.82.